The van der Waals surface area contributed by atoms with Crippen molar-refractivity contribution in [3.63, 3.8) is 0 Å². The number of rotatable bonds is 3. The maximum Gasteiger partial charge on any atom is 0.0308 e. The van der Waals surface area contributed by atoms with Crippen molar-refractivity contribution >= 4 is 31.9 Å². The highest BCUT2D eigenvalue weighted by atomic mass is 79.9. The van der Waals surface area contributed by atoms with Gasteiger partial charge in [-0.2, -0.15) is 0 Å². The fraction of sp³-hybridized carbons (Fsp3) is 0.500. The first-order chi connectivity index (χ1) is 7.16. The van der Waals surface area contributed by atoms with E-state index in [0.29, 0.717) is 0 Å². The third kappa shape index (κ3) is 2.83. The molecule has 0 spiro atoms. The Balaban J connectivity index is 2.06. The molecule has 1 aliphatic rings. The molecule has 0 aromatic heterocycles. The van der Waals surface area contributed by atoms with E-state index in [1.165, 1.54) is 24.8 Å². The lowest BCUT2D eigenvalue weighted by Gasteiger charge is -2.28. The normalized spacial score (nSPS) is 18.6. The van der Waals surface area contributed by atoms with Crippen LogP contribution in [0.25, 0.3) is 0 Å². The van der Waals surface area contributed by atoms with Crippen molar-refractivity contribution in [2.24, 2.45) is 11.7 Å². The lowest BCUT2D eigenvalue weighted by Crippen LogP contribution is -2.20. The molecule has 1 unspecified atom stereocenters. The van der Waals surface area contributed by atoms with Crippen molar-refractivity contribution in [1.29, 1.82) is 0 Å². The van der Waals surface area contributed by atoms with Gasteiger partial charge in [-0.15, -0.1) is 0 Å². The molecule has 15 heavy (non-hydrogen) atoms. The first-order valence-corrected chi connectivity index (χ1v) is 6.96. The van der Waals surface area contributed by atoms with Crippen LogP contribution in [0.2, 0.25) is 0 Å². The zero-order valence-electron chi connectivity index (χ0n) is 8.55. The lowest BCUT2D eigenvalue weighted by atomic mass is 9.80. The first-order valence-electron chi connectivity index (χ1n) is 5.37. The third-order valence-corrected chi connectivity index (χ3v) is 4.35. The van der Waals surface area contributed by atoms with E-state index in [9.17, 15) is 0 Å². The molecule has 1 fully saturated rings. The molecule has 1 saturated carbocycles. The Morgan fingerprint density at radius 1 is 1.33 bits per heavy atom. The average molecular weight is 333 g/mol. The monoisotopic (exact) mass is 331 g/mol. The zero-order chi connectivity index (χ0) is 10.8. The molecule has 0 amide bonds. The summed E-state index contributed by atoms with van der Waals surface area (Å²) in [5.74, 6) is 0.857. The second-order valence-corrected chi connectivity index (χ2v) is 6.07. The smallest absolute Gasteiger partial charge is 0.0308 e. The summed E-state index contributed by atoms with van der Waals surface area (Å²) in [7, 11) is 0. The molecular formula is C12H15Br2N. The van der Waals surface area contributed by atoms with E-state index in [4.69, 9.17) is 5.73 Å². The highest BCUT2D eigenvalue weighted by Crippen LogP contribution is 2.36. The van der Waals surface area contributed by atoms with E-state index in [1.807, 2.05) is 0 Å². The molecule has 3 heteroatoms. The molecule has 82 valence electrons. The Labute approximate surface area is 108 Å². The van der Waals surface area contributed by atoms with Gasteiger partial charge in [-0.25, -0.2) is 0 Å². The molecule has 1 aliphatic carbocycles. The van der Waals surface area contributed by atoms with Crippen LogP contribution in [0.3, 0.4) is 0 Å². The Bertz CT molecular complexity index is 347. The van der Waals surface area contributed by atoms with Gasteiger partial charge in [0, 0.05) is 15.0 Å². The molecule has 1 aromatic rings. The summed E-state index contributed by atoms with van der Waals surface area (Å²) in [6.45, 7) is 0. The minimum absolute atomic E-state index is 0.178. The van der Waals surface area contributed by atoms with Crippen LogP contribution >= 0.6 is 31.9 Å². The summed E-state index contributed by atoms with van der Waals surface area (Å²) in [5, 5.41) is 0. The summed E-state index contributed by atoms with van der Waals surface area (Å²) in [6, 6.07) is 6.41. The Morgan fingerprint density at radius 3 is 2.60 bits per heavy atom. The van der Waals surface area contributed by atoms with E-state index in [0.717, 1.165) is 21.3 Å². The number of hydrogen-bond acceptors (Lipinski definition) is 1. The predicted octanol–water partition coefficient (Wildman–Crippen LogP) is 4.40. The molecule has 1 aromatic carbocycles. The molecular weight excluding hydrogens is 318 g/mol. The van der Waals surface area contributed by atoms with Crippen molar-refractivity contribution < 1.29 is 0 Å². The van der Waals surface area contributed by atoms with Crippen LogP contribution in [0.4, 0.5) is 0 Å². The van der Waals surface area contributed by atoms with Crippen molar-refractivity contribution in [2.75, 3.05) is 0 Å². The number of benzene rings is 1. The Kier molecular flexibility index (Phi) is 3.86. The van der Waals surface area contributed by atoms with Crippen LogP contribution in [-0.2, 0) is 0 Å². The van der Waals surface area contributed by atoms with Crippen LogP contribution in [0.1, 0.15) is 37.3 Å². The van der Waals surface area contributed by atoms with E-state index < -0.39 is 0 Å². The lowest BCUT2D eigenvalue weighted by molar-refractivity contribution is 0.277. The van der Waals surface area contributed by atoms with Gasteiger partial charge < -0.3 is 5.73 Å². The molecule has 1 nitrogen and oxygen atoms in total. The quantitative estimate of drug-likeness (QED) is 0.872. The molecule has 2 N–H and O–H groups in total. The van der Waals surface area contributed by atoms with Gasteiger partial charge in [0.1, 0.15) is 0 Å². The van der Waals surface area contributed by atoms with Gasteiger partial charge in [0.15, 0.2) is 0 Å². The van der Waals surface area contributed by atoms with Gasteiger partial charge in [0.2, 0.25) is 0 Å². The second-order valence-electron chi connectivity index (χ2n) is 4.30. The van der Waals surface area contributed by atoms with Gasteiger partial charge in [0.25, 0.3) is 0 Å². The largest absolute Gasteiger partial charge is 0.324 e. The molecule has 2 rings (SSSR count). The molecule has 0 aliphatic heterocycles. The van der Waals surface area contributed by atoms with Crippen LogP contribution in [0, 0.1) is 5.92 Å². The van der Waals surface area contributed by atoms with E-state index >= 15 is 0 Å². The fourth-order valence-electron chi connectivity index (χ4n) is 2.02. The number of nitrogens with two attached hydrogens (primary N) is 1. The van der Waals surface area contributed by atoms with Crippen molar-refractivity contribution in [3.8, 4) is 0 Å². The molecule has 0 saturated heterocycles. The average Bonchev–Trinajstić information content (AvgIpc) is 2.11. The summed E-state index contributed by atoms with van der Waals surface area (Å²) in [4.78, 5) is 0. The fourth-order valence-corrected chi connectivity index (χ4v) is 3.36. The highest BCUT2D eigenvalue weighted by Gasteiger charge is 2.21. The van der Waals surface area contributed by atoms with Crippen LogP contribution in [0.5, 0.6) is 0 Å². The van der Waals surface area contributed by atoms with E-state index in [1.54, 1.807) is 0 Å². The van der Waals surface area contributed by atoms with Gasteiger partial charge in [-0.05, 0) is 30.0 Å². The van der Waals surface area contributed by atoms with Crippen LogP contribution in [0.15, 0.2) is 27.1 Å². The van der Waals surface area contributed by atoms with Gasteiger partial charge >= 0.3 is 0 Å². The zero-order valence-corrected chi connectivity index (χ0v) is 11.7. The molecule has 0 heterocycles. The minimum Gasteiger partial charge on any atom is -0.324 e. The minimum atomic E-state index is 0.178. The SMILES string of the molecule is NC(CC1CCC1)c1ccc(Br)cc1Br. The van der Waals surface area contributed by atoms with Crippen LogP contribution in [-0.4, -0.2) is 0 Å². The summed E-state index contributed by atoms with van der Waals surface area (Å²) < 4.78 is 2.21. The van der Waals surface area contributed by atoms with Gasteiger partial charge in [0.05, 0.1) is 0 Å². The molecule has 1 atom stereocenters. The van der Waals surface area contributed by atoms with E-state index in [-0.39, 0.29) is 6.04 Å². The topological polar surface area (TPSA) is 26.0 Å². The van der Waals surface area contributed by atoms with Crippen molar-refractivity contribution in [1.82, 2.24) is 0 Å². The number of halogens is 2. The molecule has 0 bridgehead atoms. The maximum absolute atomic E-state index is 6.21. The second kappa shape index (κ2) is 4.98. The predicted molar refractivity (Wildman–Crippen MR) is 70.7 cm³/mol. The maximum atomic E-state index is 6.21. The van der Waals surface area contributed by atoms with Gasteiger partial charge in [-0.3, -0.25) is 0 Å². The van der Waals surface area contributed by atoms with Gasteiger partial charge in [-0.1, -0.05) is 57.2 Å². The Hall–Kier alpha value is 0.140. The molecule has 0 radical (unpaired) electrons. The summed E-state index contributed by atoms with van der Waals surface area (Å²) in [6.07, 6.45) is 5.24. The van der Waals surface area contributed by atoms with Crippen molar-refractivity contribution in [3.05, 3.63) is 32.7 Å². The summed E-state index contributed by atoms with van der Waals surface area (Å²) >= 11 is 7.02. The third-order valence-electron chi connectivity index (χ3n) is 3.17. The summed E-state index contributed by atoms with van der Waals surface area (Å²) in [5.41, 5.74) is 7.44. The number of hydrogen-bond donors (Lipinski definition) is 1. The first kappa shape index (κ1) is 11.6. The van der Waals surface area contributed by atoms with Crippen molar-refractivity contribution in [2.45, 2.75) is 31.7 Å². The van der Waals surface area contributed by atoms with E-state index in [2.05, 4.69) is 50.1 Å². The highest BCUT2D eigenvalue weighted by molar-refractivity contribution is 9.11. The Morgan fingerprint density at radius 2 is 2.07 bits per heavy atom. The van der Waals surface area contributed by atoms with Crippen LogP contribution < -0.4 is 5.73 Å². The standard InChI is InChI=1S/C12H15Br2N/c13-9-4-5-10(11(14)7-9)12(15)6-8-2-1-3-8/h4-5,7-8,12H,1-3,6,15H2.